The van der Waals surface area contributed by atoms with E-state index < -0.39 is 0 Å². The molecule has 1 aromatic carbocycles. The molecule has 0 atom stereocenters. The highest BCUT2D eigenvalue weighted by atomic mass is 16.1. The molecule has 56 valence electrons. The highest BCUT2D eigenvalue weighted by Crippen LogP contribution is 2.07. The number of carbonyl (C=O) groups is 1. The zero-order valence-electron chi connectivity index (χ0n) is 6.45. The average Bonchev–Trinajstić information content (AvgIpc) is 2.03. The first-order chi connectivity index (χ1) is 5.34. The maximum absolute atomic E-state index is 10.0. The van der Waals surface area contributed by atoms with Crippen LogP contribution in [0.5, 0.6) is 0 Å². The second kappa shape index (κ2) is 3.71. The summed E-state index contributed by atoms with van der Waals surface area (Å²) in [5.74, 6) is 0. The normalized spacial score (nSPS) is 10.3. The molecule has 0 aliphatic rings. The Kier molecular flexibility index (Phi) is 2.61. The first kappa shape index (κ1) is 7.73. The molecule has 11 heavy (non-hydrogen) atoms. The van der Waals surface area contributed by atoms with Crippen molar-refractivity contribution in [1.82, 2.24) is 0 Å². The predicted octanol–water partition coefficient (Wildman–Crippen LogP) is 2.21. The second-order valence-corrected chi connectivity index (χ2v) is 2.35. The van der Waals surface area contributed by atoms with E-state index in [4.69, 9.17) is 0 Å². The van der Waals surface area contributed by atoms with Crippen LogP contribution in [0.4, 0.5) is 0 Å². The minimum Gasteiger partial charge on any atom is -0.299 e. The molecular formula is C10H10O. The van der Waals surface area contributed by atoms with Crippen molar-refractivity contribution in [3.8, 4) is 0 Å². The molecule has 1 rings (SSSR count). The van der Waals surface area contributed by atoms with Crippen LogP contribution < -0.4 is 0 Å². The van der Waals surface area contributed by atoms with E-state index >= 15 is 0 Å². The van der Waals surface area contributed by atoms with E-state index in [0.29, 0.717) is 0 Å². The molecule has 0 aromatic heterocycles. The standard InChI is InChI=1S/C10H10O/c1-9-5-2-3-6-10(9)7-4-8-11/h2-8H,1H3/b7-4-. The maximum Gasteiger partial charge on any atom is 0.142 e. The number of aryl methyl sites for hydroxylation is 1. The van der Waals surface area contributed by atoms with Gasteiger partial charge < -0.3 is 0 Å². The van der Waals surface area contributed by atoms with Crippen molar-refractivity contribution >= 4 is 12.4 Å². The monoisotopic (exact) mass is 146 g/mol. The lowest BCUT2D eigenvalue weighted by molar-refractivity contribution is -0.104. The lowest BCUT2D eigenvalue weighted by Crippen LogP contribution is -1.77. The second-order valence-electron chi connectivity index (χ2n) is 2.35. The molecular weight excluding hydrogens is 136 g/mol. The summed E-state index contributed by atoms with van der Waals surface area (Å²) in [5.41, 5.74) is 2.28. The number of carbonyl (C=O) groups excluding carboxylic acids is 1. The highest BCUT2D eigenvalue weighted by molar-refractivity contribution is 5.74. The van der Waals surface area contributed by atoms with E-state index in [9.17, 15) is 4.79 Å². The Morgan fingerprint density at radius 2 is 2.00 bits per heavy atom. The Morgan fingerprint density at radius 3 is 2.64 bits per heavy atom. The molecule has 0 saturated heterocycles. The van der Waals surface area contributed by atoms with Crippen molar-refractivity contribution < 1.29 is 4.79 Å². The molecule has 1 heteroatoms. The molecule has 0 aliphatic heterocycles. The van der Waals surface area contributed by atoms with Crippen LogP contribution in [0, 0.1) is 6.92 Å². The van der Waals surface area contributed by atoms with Crippen LogP contribution in [0.1, 0.15) is 11.1 Å². The minimum absolute atomic E-state index is 0.784. The maximum atomic E-state index is 10.0. The van der Waals surface area contributed by atoms with Crippen molar-refractivity contribution in [3.05, 3.63) is 41.5 Å². The smallest absolute Gasteiger partial charge is 0.142 e. The minimum atomic E-state index is 0.784. The molecule has 0 spiro atoms. The van der Waals surface area contributed by atoms with Crippen LogP contribution in [-0.4, -0.2) is 6.29 Å². The van der Waals surface area contributed by atoms with Crippen molar-refractivity contribution in [2.24, 2.45) is 0 Å². The first-order valence-corrected chi connectivity index (χ1v) is 3.52. The summed E-state index contributed by atoms with van der Waals surface area (Å²) >= 11 is 0. The van der Waals surface area contributed by atoms with Crippen molar-refractivity contribution in [3.63, 3.8) is 0 Å². The Labute approximate surface area is 66.4 Å². The Hall–Kier alpha value is -1.37. The quantitative estimate of drug-likeness (QED) is 0.461. The molecule has 0 bridgehead atoms. The summed E-state index contributed by atoms with van der Waals surface area (Å²) in [6.45, 7) is 2.02. The summed E-state index contributed by atoms with van der Waals surface area (Å²) in [6.07, 6.45) is 4.09. The summed E-state index contributed by atoms with van der Waals surface area (Å²) in [4.78, 5) is 10.0. The number of hydrogen-bond acceptors (Lipinski definition) is 1. The van der Waals surface area contributed by atoms with Gasteiger partial charge in [-0.1, -0.05) is 30.3 Å². The number of rotatable bonds is 2. The third kappa shape index (κ3) is 2.04. The number of benzene rings is 1. The summed E-state index contributed by atoms with van der Waals surface area (Å²) in [7, 11) is 0. The molecule has 0 radical (unpaired) electrons. The van der Waals surface area contributed by atoms with Gasteiger partial charge in [0, 0.05) is 0 Å². The average molecular weight is 146 g/mol. The van der Waals surface area contributed by atoms with Crippen molar-refractivity contribution in [2.75, 3.05) is 0 Å². The molecule has 0 saturated carbocycles. The molecule has 1 nitrogen and oxygen atoms in total. The molecule has 0 fully saturated rings. The largest absolute Gasteiger partial charge is 0.299 e. The van der Waals surface area contributed by atoms with Gasteiger partial charge in [-0.3, -0.25) is 4.79 Å². The summed E-state index contributed by atoms with van der Waals surface area (Å²) in [6, 6.07) is 7.94. The molecule has 1 aromatic rings. The summed E-state index contributed by atoms with van der Waals surface area (Å²) in [5, 5.41) is 0. The van der Waals surface area contributed by atoms with Crippen LogP contribution in [-0.2, 0) is 4.79 Å². The van der Waals surface area contributed by atoms with Gasteiger partial charge in [-0.25, -0.2) is 0 Å². The molecule has 0 heterocycles. The topological polar surface area (TPSA) is 17.1 Å². The van der Waals surface area contributed by atoms with Gasteiger partial charge in [0.1, 0.15) is 6.29 Å². The van der Waals surface area contributed by atoms with Crippen LogP contribution in [0.25, 0.3) is 6.08 Å². The van der Waals surface area contributed by atoms with Gasteiger partial charge in [0.15, 0.2) is 0 Å². The van der Waals surface area contributed by atoms with Crippen LogP contribution in [0.3, 0.4) is 0 Å². The number of allylic oxidation sites excluding steroid dienone is 1. The lowest BCUT2D eigenvalue weighted by Gasteiger charge is -1.96. The first-order valence-electron chi connectivity index (χ1n) is 3.52. The van der Waals surface area contributed by atoms with Crippen LogP contribution in [0.2, 0.25) is 0 Å². The van der Waals surface area contributed by atoms with Gasteiger partial charge in [-0.2, -0.15) is 0 Å². The Bertz CT molecular complexity index is 274. The lowest BCUT2D eigenvalue weighted by atomic mass is 10.1. The molecule has 0 aliphatic carbocycles. The van der Waals surface area contributed by atoms with E-state index in [2.05, 4.69) is 0 Å². The molecule has 0 unspecified atom stereocenters. The number of aldehydes is 1. The fourth-order valence-corrected chi connectivity index (χ4v) is 0.917. The predicted molar refractivity (Wildman–Crippen MR) is 46.3 cm³/mol. The highest BCUT2D eigenvalue weighted by Gasteiger charge is 1.88. The third-order valence-electron chi connectivity index (χ3n) is 1.54. The van der Waals surface area contributed by atoms with Gasteiger partial charge in [0.05, 0.1) is 0 Å². The number of hydrogen-bond donors (Lipinski definition) is 0. The van der Waals surface area contributed by atoms with E-state index in [1.807, 2.05) is 37.3 Å². The zero-order chi connectivity index (χ0) is 8.10. The molecule has 0 amide bonds. The Balaban J connectivity index is 2.94. The fraction of sp³-hybridized carbons (Fsp3) is 0.100. The molecule has 0 N–H and O–H groups in total. The Morgan fingerprint density at radius 1 is 1.27 bits per heavy atom. The van der Waals surface area contributed by atoms with Crippen molar-refractivity contribution in [1.29, 1.82) is 0 Å². The summed E-state index contributed by atoms with van der Waals surface area (Å²) < 4.78 is 0. The van der Waals surface area contributed by atoms with Gasteiger partial charge in [-0.05, 0) is 24.1 Å². The van der Waals surface area contributed by atoms with E-state index in [-0.39, 0.29) is 0 Å². The van der Waals surface area contributed by atoms with Gasteiger partial charge >= 0.3 is 0 Å². The van der Waals surface area contributed by atoms with Gasteiger partial charge in [0.25, 0.3) is 0 Å². The van der Waals surface area contributed by atoms with Gasteiger partial charge in [-0.15, -0.1) is 0 Å². The van der Waals surface area contributed by atoms with E-state index in [1.54, 1.807) is 0 Å². The van der Waals surface area contributed by atoms with Crippen molar-refractivity contribution in [2.45, 2.75) is 6.92 Å². The van der Waals surface area contributed by atoms with Crippen LogP contribution >= 0.6 is 0 Å². The van der Waals surface area contributed by atoms with Crippen LogP contribution in [0.15, 0.2) is 30.3 Å². The van der Waals surface area contributed by atoms with E-state index in [1.165, 1.54) is 11.6 Å². The zero-order valence-corrected chi connectivity index (χ0v) is 6.45. The van der Waals surface area contributed by atoms with Gasteiger partial charge in [0.2, 0.25) is 0 Å². The SMILES string of the molecule is Cc1ccccc1/C=C\C=O. The fourth-order valence-electron chi connectivity index (χ4n) is 0.917. The third-order valence-corrected chi connectivity index (χ3v) is 1.54. The van der Waals surface area contributed by atoms with E-state index in [0.717, 1.165) is 11.8 Å².